The van der Waals surface area contributed by atoms with Crippen molar-refractivity contribution in [1.29, 1.82) is 0 Å². The van der Waals surface area contributed by atoms with Gasteiger partial charge in [0.05, 0.1) is 30.9 Å². The Balaban J connectivity index is 1.92. The number of nitrogen functional groups attached to an aromatic ring is 1. The third-order valence-electron chi connectivity index (χ3n) is 2.57. The second kappa shape index (κ2) is 7.32. The highest BCUT2D eigenvalue weighted by Gasteiger charge is 2.11. The maximum absolute atomic E-state index is 11.8. The standard InChI is InChI=1S/C13H10BrCl2N3O2S/c14-10-2-1-9(22-10)13(21)18-5-11(20)19-6-3-7(15)12(17)8(16)4-6/h1-4H,5,17H2,(H,18,21)(H,19,20). The average molecular weight is 423 g/mol. The van der Waals surface area contributed by atoms with E-state index in [2.05, 4.69) is 26.6 Å². The van der Waals surface area contributed by atoms with Gasteiger partial charge in [0.1, 0.15) is 0 Å². The molecule has 0 bridgehead atoms. The Hall–Kier alpha value is -1.28. The molecule has 0 radical (unpaired) electrons. The quantitative estimate of drug-likeness (QED) is 0.655. The summed E-state index contributed by atoms with van der Waals surface area (Å²) in [5.74, 6) is -0.722. The van der Waals surface area contributed by atoms with Crippen molar-refractivity contribution in [2.75, 3.05) is 17.6 Å². The molecule has 0 fully saturated rings. The predicted octanol–water partition coefficient (Wildman–Crippen LogP) is 3.77. The molecule has 4 N–H and O–H groups in total. The Kier molecular flexibility index (Phi) is 5.69. The van der Waals surface area contributed by atoms with Crippen molar-refractivity contribution >= 4 is 73.7 Å². The van der Waals surface area contributed by atoms with Crippen molar-refractivity contribution < 1.29 is 9.59 Å². The van der Waals surface area contributed by atoms with Crippen molar-refractivity contribution in [2.45, 2.75) is 0 Å². The second-order valence-electron chi connectivity index (χ2n) is 4.19. The van der Waals surface area contributed by atoms with Gasteiger partial charge < -0.3 is 16.4 Å². The van der Waals surface area contributed by atoms with E-state index in [9.17, 15) is 9.59 Å². The first-order valence-corrected chi connectivity index (χ1v) is 8.31. The lowest BCUT2D eigenvalue weighted by Gasteiger charge is -2.09. The van der Waals surface area contributed by atoms with Gasteiger partial charge in [0.15, 0.2) is 0 Å². The Morgan fingerprint density at radius 1 is 1.23 bits per heavy atom. The molecule has 22 heavy (non-hydrogen) atoms. The largest absolute Gasteiger partial charge is 0.396 e. The fourth-order valence-electron chi connectivity index (χ4n) is 1.55. The van der Waals surface area contributed by atoms with Crippen LogP contribution >= 0.6 is 50.5 Å². The van der Waals surface area contributed by atoms with Crippen LogP contribution in [0, 0.1) is 0 Å². The molecular formula is C13H10BrCl2N3O2S. The molecule has 9 heteroatoms. The van der Waals surface area contributed by atoms with Crippen molar-refractivity contribution in [3.8, 4) is 0 Å². The number of halogens is 3. The van der Waals surface area contributed by atoms with E-state index in [1.165, 1.54) is 23.5 Å². The highest BCUT2D eigenvalue weighted by atomic mass is 79.9. The van der Waals surface area contributed by atoms with E-state index >= 15 is 0 Å². The third-order valence-corrected chi connectivity index (χ3v) is 4.82. The summed E-state index contributed by atoms with van der Waals surface area (Å²) in [6.07, 6.45) is 0. The van der Waals surface area contributed by atoms with Crippen molar-refractivity contribution in [2.24, 2.45) is 0 Å². The highest BCUT2D eigenvalue weighted by molar-refractivity contribution is 9.11. The van der Waals surface area contributed by atoms with Crippen molar-refractivity contribution in [3.05, 3.63) is 43.0 Å². The van der Waals surface area contributed by atoms with Gasteiger partial charge in [-0.05, 0) is 40.2 Å². The molecule has 5 nitrogen and oxygen atoms in total. The number of nitrogens with one attached hydrogen (secondary N) is 2. The first-order chi connectivity index (χ1) is 10.4. The van der Waals surface area contributed by atoms with Crippen LogP contribution in [0.15, 0.2) is 28.1 Å². The van der Waals surface area contributed by atoms with Crippen LogP contribution in [0.4, 0.5) is 11.4 Å². The minimum atomic E-state index is -0.402. The van der Waals surface area contributed by atoms with Crippen LogP contribution in [0.5, 0.6) is 0 Å². The molecule has 0 spiro atoms. The molecule has 2 amide bonds. The number of rotatable bonds is 4. The molecule has 0 unspecified atom stereocenters. The van der Waals surface area contributed by atoms with Gasteiger partial charge in [-0.3, -0.25) is 9.59 Å². The van der Waals surface area contributed by atoms with E-state index in [-0.39, 0.29) is 28.2 Å². The topological polar surface area (TPSA) is 84.2 Å². The predicted molar refractivity (Wildman–Crippen MR) is 93.9 cm³/mol. The summed E-state index contributed by atoms with van der Waals surface area (Å²) in [6, 6.07) is 6.40. The number of hydrogen-bond donors (Lipinski definition) is 3. The molecule has 1 heterocycles. The zero-order valence-electron chi connectivity index (χ0n) is 11.0. The molecule has 1 aromatic heterocycles. The van der Waals surface area contributed by atoms with Gasteiger partial charge >= 0.3 is 0 Å². The Morgan fingerprint density at radius 2 is 1.86 bits per heavy atom. The molecule has 0 atom stereocenters. The van der Waals surface area contributed by atoms with Gasteiger partial charge in [-0.25, -0.2) is 0 Å². The fourth-order valence-corrected chi connectivity index (χ4v) is 3.34. The molecule has 0 aliphatic rings. The summed E-state index contributed by atoms with van der Waals surface area (Å²) in [5.41, 5.74) is 6.26. The smallest absolute Gasteiger partial charge is 0.261 e. The number of benzene rings is 1. The molecular weight excluding hydrogens is 413 g/mol. The van der Waals surface area contributed by atoms with Gasteiger partial charge in [0.25, 0.3) is 5.91 Å². The third kappa shape index (κ3) is 4.36. The van der Waals surface area contributed by atoms with Crippen LogP contribution in [0.3, 0.4) is 0 Å². The summed E-state index contributed by atoms with van der Waals surface area (Å²) in [7, 11) is 0. The van der Waals surface area contributed by atoms with Crippen molar-refractivity contribution in [3.63, 3.8) is 0 Å². The van der Waals surface area contributed by atoms with Gasteiger partial charge in [0.2, 0.25) is 5.91 Å². The number of carbonyl (C=O) groups excluding carboxylic acids is 2. The fraction of sp³-hybridized carbons (Fsp3) is 0.0769. The molecule has 0 aliphatic carbocycles. The Bertz CT molecular complexity index is 713. The lowest BCUT2D eigenvalue weighted by molar-refractivity contribution is -0.115. The maximum Gasteiger partial charge on any atom is 0.261 e. The maximum atomic E-state index is 11.8. The number of thiophene rings is 1. The summed E-state index contributed by atoms with van der Waals surface area (Å²) < 4.78 is 0.841. The number of amides is 2. The molecule has 1 aromatic carbocycles. The van der Waals surface area contributed by atoms with E-state index in [0.717, 1.165) is 3.79 Å². The van der Waals surface area contributed by atoms with Crippen LogP contribution in [-0.4, -0.2) is 18.4 Å². The number of hydrogen-bond acceptors (Lipinski definition) is 4. The van der Waals surface area contributed by atoms with Crippen LogP contribution in [-0.2, 0) is 4.79 Å². The van der Waals surface area contributed by atoms with Gasteiger partial charge in [-0.2, -0.15) is 0 Å². The summed E-state index contributed by atoms with van der Waals surface area (Å²) in [5, 5.41) is 5.59. The van der Waals surface area contributed by atoms with Gasteiger partial charge in [-0.15, -0.1) is 11.3 Å². The van der Waals surface area contributed by atoms with E-state index in [0.29, 0.717) is 10.6 Å². The zero-order valence-corrected chi connectivity index (χ0v) is 14.9. The highest BCUT2D eigenvalue weighted by Crippen LogP contribution is 2.31. The first kappa shape index (κ1) is 17.1. The zero-order chi connectivity index (χ0) is 16.3. The summed E-state index contributed by atoms with van der Waals surface area (Å²) in [4.78, 5) is 24.1. The second-order valence-corrected chi connectivity index (χ2v) is 7.47. The molecule has 2 rings (SSSR count). The summed E-state index contributed by atoms with van der Waals surface area (Å²) >= 11 is 16.3. The van der Waals surface area contributed by atoms with Gasteiger partial charge in [0, 0.05) is 5.69 Å². The Labute approximate surface area is 148 Å². The van der Waals surface area contributed by atoms with E-state index in [4.69, 9.17) is 28.9 Å². The number of nitrogens with two attached hydrogens (primary N) is 1. The molecule has 0 aliphatic heterocycles. The van der Waals surface area contributed by atoms with Crippen LogP contribution in [0.1, 0.15) is 9.67 Å². The number of carbonyl (C=O) groups is 2. The molecule has 0 saturated heterocycles. The van der Waals surface area contributed by atoms with E-state index in [1.54, 1.807) is 12.1 Å². The lowest BCUT2D eigenvalue weighted by Crippen LogP contribution is -2.32. The average Bonchev–Trinajstić information content (AvgIpc) is 2.89. The SMILES string of the molecule is Nc1c(Cl)cc(NC(=O)CNC(=O)c2ccc(Br)s2)cc1Cl. The normalized spacial score (nSPS) is 10.3. The number of anilines is 2. The minimum absolute atomic E-state index is 0.173. The van der Waals surface area contributed by atoms with E-state index < -0.39 is 5.91 Å². The van der Waals surface area contributed by atoms with Crippen LogP contribution in [0.2, 0.25) is 10.0 Å². The Morgan fingerprint density at radius 3 is 2.41 bits per heavy atom. The molecule has 116 valence electrons. The van der Waals surface area contributed by atoms with Crippen molar-refractivity contribution in [1.82, 2.24) is 5.32 Å². The van der Waals surface area contributed by atoms with Crippen LogP contribution in [0.25, 0.3) is 0 Å². The molecule has 0 saturated carbocycles. The van der Waals surface area contributed by atoms with E-state index in [1.807, 2.05) is 0 Å². The lowest BCUT2D eigenvalue weighted by atomic mass is 10.3. The van der Waals surface area contributed by atoms with Gasteiger partial charge in [-0.1, -0.05) is 23.2 Å². The van der Waals surface area contributed by atoms with Crippen LogP contribution < -0.4 is 16.4 Å². The summed E-state index contributed by atoms with van der Waals surface area (Å²) in [6.45, 7) is -0.173. The minimum Gasteiger partial charge on any atom is -0.396 e. The molecule has 2 aromatic rings. The first-order valence-electron chi connectivity index (χ1n) is 5.94. The monoisotopic (exact) mass is 421 g/mol.